The van der Waals surface area contributed by atoms with Crippen LogP contribution in [-0.2, 0) is 20.0 Å². The van der Waals surface area contributed by atoms with Gasteiger partial charge in [0.25, 0.3) is 20.0 Å². The van der Waals surface area contributed by atoms with Gasteiger partial charge < -0.3 is 9.47 Å². The van der Waals surface area contributed by atoms with Gasteiger partial charge in [-0.3, -0.25) is 9.44 Å². The second-order valence-corrected chi connectivity index (χ2v) is 10.1. The number of benzene rings is 3. The lowest BCUT2D eigenvalue weighted by Crippen LogP contribution is -2.14. The molecule has 0 aromatic heterocycles. The number of rotatable bonds is 6. The predicted molar refractivity (Wildman–Crippen MR) is 117 cm³/mol. The number of hydrogen-bond donors (Lipinski definition) is 2. The Morgan fingerprint density at radius 1 is 0.613 bits per heavy atom. The third-order valence-corrected chi connectivity index (χ3v) is 7.25. The molecule has 1 heterocycles. The topological polar surface area (TPSA) is 111 Å². The normalized spacial score (nSPS) is 13.8. The maximum Gasteiger partial charge on any atom is 0.262 e. The van der Waals surface area contributed by atoms with Crippen LogP contribution < -0.4 is 18.9 Å². The highest BCUT2D eigenvalue weighted by Gasteiger charge is 2.19. The fourth-order valence-electron chi connectivity index (χ4n) is 2.94. The number of fused-ring (bicyclic) bond motifs is 1. The summed E-state index contributed by atoms with van der Waals surface area (Å²) in [6.45, 7) is 0.960. The minimum absolute atomic E-state index is 0.0330. The van der Waals surface area contributed by atoms with Crippen molar-refractivity contribution in [1.82, 2.24) is 0 Å². The van der Waals surface area contributed by atoms with E-state index < -0.39 is 20.0 Å². The van der Waals surface area contributed by atoms with Gasteiger partial charge in [0.2, 0.25) is 0 Å². The van der Waals surface area contributed by atoms with E-state index >= 15 is 0 Å². The monoisotopic (exact) mass is 460 g/mol. The van der Waals surface area contributed by atoms with E-state index in [2.05, 4.69) is 9.44 Å². The molecule has 162 valence electrons. The molecule has 3 aromatic rings. The fourth-order valence-corrected chi connectivity index (χ4v) is 5.10. The van der Waals surface area contributed by atoms with Gasteiger partial charge in [0, 0.05) is 23.9 Å². The molecule has 0 saturated carbocycles. The molecule has 8 nitrogen and oxygen atoms in total. The Bertz CT molecular complexity index is 1280. The third-order valence-electron chi connectivity index (χ3n) is 4.47. The molecule has 0 unspecified atom stereocenters. The number of ether oxygens (including phenoxy) is 2. The van der Waals surface area contributed by atoms with Gasteiger partial charge in [0.1, 0.15) is 0 Å². The second kappa shape index (κ2) is 8.48. The van der Waals surface area contributed by atoms with Crippen LogP contribution in [0.25, 0.3) is 0 Å². The molecule has 0 atom stereocenters. The van der Waals surface area contributed by atoms with E-state index in [1.54, 1.807) is 24.3 Å². The van der Waals surface area contributed by atoms with Crippen molar-refractivity contribution >= 4 is 31.4 Å². The van der Waals surface area contributed by atoms with Crippen molar-refractivity contribution in [2.45, 2.75) is 16.2 Å². The summed E-state index contributed by atoms with van der Waals surface area (Å²) in [5.74, 6) is 0.887. The first-order valence-corrected chi connectivity index (χ1v) is 12.4. The van der Waals surface area contributed by atoms with E-state index in [0.717, 1.165) is 6.42 Å². The zero-order chi connectivity index (χ0) is 21.9. The lowest BCUT2D eigenvalue weighted by molar-refractivity contribution is 0.297. The molecule has 0 spiro atoms. The zero-order valence-corrected chi connectivity index (χ0v) is 17.9. The summed E-state index contributed by atoms with van der Waals surface area (Å²) in [6.07, 6.45) is 0.718. The number of sulfonamides is 2. The molecule has 0 saturated heterocycles. The van der Waals surface area contributed by atoms with Gasteiger partial charge in [-0.1, -0.05) is 18.2 Å². The van der Waals surface area contributed by atoms with Crippen LogP contribution in [0.15, 0.2) is 82.6 Å². The maximum absolute atomic E-state index is 12.8. The van der Waals surface area contributed by atoms with Gasteiger partial charge >= 0.3 is 0 Å². The Morgan fingerprint density at radius 2 is 1.16 bits per heavy atom. The lowest BCUT2D eigenvalue weighted by atomic mass is 10.3. The number of nitrogens with one attached hydrogen (secondary N) is 2. The van der Waals surface area contributed by atoms with E-state index in [9.17, 15) is 16.8 Å². The van der Waals surface area contributed by atoms with Gasteiger partial charge in [-0.15, -0.1) is 0 Å². The SMILES string of the molecule is O=S(=O)(Nc1ccc(NS(=O)(=O)c2ccc3c(c2)OCCCO3)cc1)c1ccccc1. The van der Waals surface area contributed by atoms with Gasteiger partial charge in [0.05, 0.1) is 23.0 Å². The van der Waals surface area contributed by atoms with Crippen LogP contribution in [0.3, 0.4) is 0 Å². The zero-order valence-electron chi connectivity index (χ0n) is 16.3. The number of hydrogen-bond acceptors (Lipinski definition) is 6. The highest BCUT2D eigenvalue weighted by Crippen LogP contribution is 2.32. The highest BCUT2D eigenvalue weighted by molar-refractivity contribution is 7.93. The van der Waals surface area contributed by atoms with Crippen LogP contribution >= 0.6 is 0 Å². The molecule has 0 bridgehead atoms. The molecule has 1 aliphatic heterocycles. The summed E-state index contributed by atoms with van der Waals surface area (Å²) in [6, 6.07) is 18.3. The lowest BCUT2D eigenvalue weighted by Gasteiger charge is -2.12. The summed E-state index contributed by atoms with van der Waals surface area (Å²) in [5, 5.41) is 0. The summed E-state index contributed by atoms with van der Waals surface area (Å²) in [7, 11) is -7.60. The smallest absolute Gasteiger partial charge is 0.262 e. The van der Waals surface area contributed by atoms with E-state index in [0.29, 0.717) is 30.4 Å². The Balaban J connectivity index is 1.49. The second-order valence-electron chi connectivity index (χ2n) is 6.76. The fraction of sp³-hybridized carbons (Fsp3) is 0.143. The summed E-state index contributed by atoms with van der Waals surface area (Å²) < 4.78 is 66.3. The molecule has 10 heteroatoms. The first-order chi connectivity index (χ1) is 14.8. The van der Waals surface area contributed by atoms with Crippen molar-refractivity contribution in [3.05, 3.63) is 72.8 Å². The molecular formula is C21H20N2O6S2. The van der Waals surface area contributed by atoms with Crippen LogP contribution in [0.5, 0.6) is 11.5 Å². The average Bonchev–Trinajstić information content (AvgIpc) is 3.00. The highest BCUT2D eigenvalue weighted by atomic mass is 32.2. The molecule has 4 rings (SSSR count). The van der Waals surface area contributed by atoms with E-state index in [1.807, 2.05) is 0 Å². The Morgan fingerprint density at radius 3 is 1.77 bits per heavy atom. The summed E-state index contributed by atoms with van der Waals surface area (Å²) >= 11 is 0. The quantitative estimate of drug-likeness (QED) is 0.583. The van der Waals surface area contributed by atoms with Crippen molar-refractivity contribution in [2.24, 2.45) is 0 Å². The predicted octanol–water partition coefficient (Wildman–Crippen LogP) is 3.45. The average molecular weight is 461 g/mol. The molecule has 1 aliphatic rings. The van der Waals surface area contributed by atoms with E-state index in [4.69, 9.17) is 9.47 Å². The summed E-state index contributed by atoms with van der Waals surface area (Å²) in [4.78, 5) is 0.166. The van der Waals surface area contributed by atoms with E-state index in [-0.39, 0.29) is 15.5 Å². The first-order valence-electron chi connectivity index (χ1n) is 9.44. The molecule has 0 aliphatic carbocycles. The number of anilines is 2. The van der Waals surface area contributed by atoms with Crippen LogP contribution in [-0.4, -0.2) is 30.0 Å². The molecule has 31 heavy (non-hydrogen) atoms. The maximum atomic E-state index is 12.8. The van der Waals surface area contributed by atoms with Crippen LogP contribution in [0.1, 0.15) is 6.42 Å². The van der Waals surface area contributed by atoms with Crippen molar-refractivity contribution in [3.63, 3.8) is 0 Å². The van der Waals surface area contributed by atoms with Crippen molar-refractivity contribution < 1.29 is 26.3 Å². The molecule has 0 amide bonds. The van der Waals surface area contributed by atoms with Gasteiger partial charge in [-0.2, -0.15) is 0 Å². The van der Waals surface area contributed by atoms with Crippen molar-refractivity contribution in [2.75, 3.05) is 22.7 Å². The van der Waals surface area contributed by atoms with Gasteiger partial charge in [0.15, 0.2) is 11.5 Å². The van der Waals surface area contributed by atoms with Gasteiger partial charge in [-0.05, 0) is 48.5 Å². The molecule has 0 fully saturated rings. The Kier molecular flexibility index (Phi) is 5.75. The van der Waals surface area contributed by atoms with Crippen LogP contribution in [0, 0.1) is 0 Å². The largest absolute Gasteiger partial charge is 0.490 e. The van der Waals surface area contributed by atoms with Gasteiger partial charge in [-0.25, -0.2) is 16.8 Å². The third kappa shape index (κ3) is 4.92. The molecule has 0 radical (unpaired) electrons. The van der Waals surface area contributed by atoms with Crippen molar-refractivity contribution in [1.29, 1.82) is 0 Å². The van der Waals surface area contributed by atoms with E-state index in [1.165, 1.54) is 48.5 Å². The van der Waals surface area contributed by atoms with Crippen molar-refractivity contribution in [3.8, 4) is 11.5 Å². The first kappa shape index (κ1) is 21.0. The Labute approximate surface area is 180 Å². The molecular weight excluding hydrogens is 440 g/mol. The minimum atomic E-state index is -3.87. The molecule has 3 aromatic carbocycles. The minimum Gasteiger partial charge on any atom is -0.490 e. The molecule has 2 N–H and O–H groups in total. The van der Waals surface area contributed by atoms with Crippen LogP contribution in [0.4, 0.5) is 11.4 Å². The Hall–Kier alpha value is -3.24. The summed E-state index contributed by atoms with van der Waals surface area (Å²) in [5.41, 5.74) is 0.595. The van der Waals surface area contributed by atoms with Crippen LogP contribution in [0.2, 0.25) is 0 Å². The standard InChI is InChI=1S/C21H20N2O6S2/c24-30(25,18-5-2-1-3-6-18)22-16-7-9-17(10-8-16)23-31(26,27)19-11-12-20-21(15-19)29-14-4-13-28-20/h1-3,5-12,15,22-23H,4,13-14H2.